The molecule has 0 spiro atoms. The van der Waals surface area contributed by atoms with Crippen LogP contribution in [0.15, 0.2) is 18.2 Å². The van der Waals surface area contributed by atoms with Crippen LogP contribution in [0, 0.1) is 0 Å². The van der Waals surface area contributed by atoms with E-state index in [1.807, 2.05) is 38.1 Å². The molecule has 1 rings (SSSR count). The zero-order chi connectivity index (χ0) is 11.3. The minimum Gasteiger partial charge on any atom is -0.493 e. The van der Waals surface area contributed by atoms with Gasteiger partial charge >= 0.3 is 0 Å². The van der Waals surface area contributed by atoms with Gasteiger partial charge in [0.15, 0.2) is 6.29 Å². The summed E-state index contributed by atoms with van der Waals surface area (Å²) in [4.78, 5) is 12.8. The number of hydrogen-bond acceptors (Lipinski definition) is 3. The maximum atomic E-state index is 10.8. The molecule has 0 amide bonds. The van der Waals surface area contributed by atoms with Gasteiger partial charge in [0.25, 0.3) is 0 Å². The van der Waals surface area contributed by atoms with Crippen molar-refractivity contribution in [1.29, 1.82) is 0 Å². The quantitative estimate of drug-likeness (QED) is 0.694. The molecule has 0 heterocycles. The number of rotatable bonds is 5. The van der Waals surface area contributed by atoms with Gasteiger partial charge in [0.2, 0.25) is 0 Å². The highest BCUT2D eigenvalue weighted by molar-refractivity contribution is 5.80. The van der Waals surface area contributed by atoms with Gasteiger partial charge in [-0.05, 0) is 18.6 Å². The second-order valence-corrected chi connectivity index (χ2v) is 3.58. The van der Waals surface area contributed by atoms with Crippen molar-refractivity contribution in [2.45, 2.75) is 13.3 Å². The van der Waals surface area contributed by atoms with Crippen LogP contribution in [0.5, 0.6) is 5.75 Å². The molecule has 0 fully saturated rings. The van der Waals surface area contributed by atoms with Crippen molar-refractivity contribution in [2.75, 3.05) is 25.6 Å². The van der Waals surface area contributed by atoms with Gasteiger partial charge in [0.05, 0.1) is 12.2 Å². The van der Waals surface area contributed by atoms with E-state index < -0.39 is 0 Å². The summed E-state index contributed by atoms with van der Waals surface area (Å²) in [5.74, 6) is 0.665. The first-order valence-corrected chi connectivity index (χ1v) is 5.08. The maximum absolute atomic E-state index is 10.8. The normalized spacial score (nSPS) is 9.80. The van der Waals surface area contributed by atoms with E-state index in [9.17, 15) is 4.79 Å². The number of anilines is 1. The van der Waals surface area contributed by atoms with Gasteiger partial charge in [-0.25, -0.2) is 0 Å². The fourth-order valence-corrected chi connectivity index (χ4v) is 1.24. The van der Waals surface area contributed by atoms with Crippen molar-refractivity contribution in [3.8, 4) is 5.75 Å². The van der Waals surface area contributed by atoms with E-state index in [4.69, 9.17) is 4.74 Å². The molecular formula is C12H17NO2. The van der Waals surface area contributed by atoms with Gasteiger partial charge in [0, 0.05) is 25.8 Å². The highest BCUT2D eigenvalue weighted by atomic mass is 16.5. The first kappa shape index (κ1) is 11.6. The summed E-state index contributed by atoms with van der Waals surface area (Å²) in [6.45, 7) is 2.67. The first-order chi connectivity index (χ1) is 7.19. The molecule has 0 atom stereocenters. The second kappa shape index (κ2) is 5.39. The molecule has 0 aliphatic rings. The van der Waals surface area contributed by atoms with E-state index in [1.165, 1.54) is 0 Å². The minimum atomic E-state index is 0.606. The Morgan fingerprint density at radius 1 is 1.40 bits per heavy atom. The molecule has 0 unspecified atom stereocenters. The van der Waals surface area contributed by atoms with Crippen LogP contribution < -0.4 is 9.64 Å². The smallest absolute Gasteiger partial charge is 0.153 e. The van der Waals surface area contributed by atoms with Crippen LogP contribution in [-0.2, 0) is 0 Å². The van der Waals surface area contributed by atoms with E-state index in [2.05, 4.69) is 0 Å². The molecule has 0 radical (unpaired) electrons. The Kier molecular flexibility index (Phi) is 4.16. The van der Waals surface area contributed by atoms with Gasteiger partial charge in [-0.1, -0.05) is 6.92 Å². The third-order valence-corrected chi connectivity index (χ3v) is 2.10. The molecular weight excluding hydrogens is 190 g/mol. The first-order valence-electron chi connectivity index (χ1n) is 5.08. The molecule has 1 aromatic carbocycles. The fourth-order valence-electron chi connectivity index (χ4n) is 1.24. The van der Waals surface area contributed by atoms with Gasteiger partial charge in [0.1, 0.15) is 5.75 Å². The highest BCUT2D eigenvalue weighted by Gasteiger charge is 2.05. The summed E-state index contributed by atoms with van der Waals surface area (Å²) in [5.41, 5.74) is 1.64. The van der Waals surface area contributed by atoms with Crippen LogP contribution in [0.4, 0.5) is 5.69 Å². The Bertz CT molecular complexity index is 334. The Balaban J connectivity index is 2.96. The lowest BCUT2D eigenvalue weighted by Crippen LogP contribution is -2.09. The average Bonchev–Trinajstić information content (AvgIpc) is 2.25. The SMILES string of the molecule is CCCOc1cc(N(C)C)ccc1C=O. The zero-order valence-electron chi connectivity index (χ0n) is 9.49. The molecule has 0 N–H and O–H groups in total. The summed E-state index contributed by atoms with van der Waals surface area (Å²) < 4.78 is 5.51. The molecule has 82 valence electrons. The molecule has 0 aliphatic heterocycles. The van der Waals surface area contributed by atoms with Crippen LogP contribution in [0.1, 0.15) is 23.7 Å². The van der Waals surface area contributed by atoms with E-state index in [0.717, 1.165) is 18.4 Å². The molecule has 3 heteroatoms. The molecule has 0 aliphatic carbocycles. The summed E-state index contributed by atoms with van der Waals surface area (Å²) in [6, 6.07) is 5.58. The lowest BCUT2D eigenvalue weighted by Gasteiger charge is -2.15. The number of ether oxygens (including phenoxy) is 1. The summed E-state index contributed by atoms with van der Waals surface area (Å²) in [7, 11) is 3.92. The lowest BCUT2D eigenvalue weighted by atomic mass is 10.2. The van der Waals surface area contributed by atoms with Crippen molar-refractivity contribution in [3.05, 3.63) is 23.8 Å². The molecule has 0 saturated heterocycles. The van der Waals surface area contributed by atoms with Gasteiger partial charge in [-0.3, -0.25) is 4.79 Å². The Labute approximate surface area is 90.7 Å². The van der Waals surface area contributed by atoms with Crippen LogP contribution in [0.2, 0.25) is 0 Å². The highest BCUT2D eigenvalue weighted by Crippen LogP contribution is 2.23. The van der Waals surface area contributed by atoms with Crippen molar-refractivity contribution in [3.63, 3.8) is 0 Å². The van der Waals surface area contributed by atoms with Crippen molar-refractivity contribution < 1.29 is 9.53 Å². The number of carbonyl (C=O) groups excluding carboxylic acids is 1. The summed E-state index contributed by atoms with van der Waals surface area (Å²) in [6.07, 6.45) is 1.76. The largest absolute Gasteiger partial charge is 0.493 e. The van der Waals surface area contributed by atoms with Crippen LogP contribution in [0.25, 0.3) is 0 Å². The topological polar surface area (TPSA) is 29.5 Å². The zero-order valence-corrected chi connectivity index (χ0v) is 9.49. The Morgan fingerprint density at radius 3 is 2.67 bits per heavy atom. The van der Waals surface area contributed by atoms with Crippen LogP contribution >= 0.6 is 0 Å². The second-order valence-electron chi connectivity index (χ2n) is 3.58. The predicted octanol–water partition coefficient (Wildman–Crippen LogP) is 2.35. The Hall–Kier alpha value is -1.51. The number of nitrogens with zero attached hydrogens (tertiary/aromatic N) is 1. The molecule has 3 nitrogen and oxygen atoms in total. The van der Waals surface area contributed by atoms with Gasteiger partial charge in [-0.2, -0.15) is 0 Å². The van der Waals surface area contributed by atoms with Crippen molar-refractivity contribution in [2.24, 2.45) is 0 Å². The fraction of sp³-hybridized carbons (Fsp3) is 0.417. The molecule has 1 aromatic rings. The van der Waals surface area contributed by atoms with Crippen molar-refractivity contribution in [1.82, 2.24) is 0 Å². The Morgan fingerprint density at radius 2 is 2.13 bits per heavy atom. The summed E-state index contributed by atoms with van der Waals surface area (Å²) >= 11 is 0. The van der Waals surface area contributed by atoms with E-state index >= 15 is 0 Å². The maximum Gasteiger partial charge on any atom is 0.153 e. The monoisotopic (exact) mass is 207 g/mol. The third-order valence-electron chi connectivity index (χ3n) is 2.10. The van der Waals surface area contributed by atoms with E-state index in [1.54, 1.807) is 6.07 Å². The van der Waals surface area contributed by atoms with Crippen LogP contribution in [-0.4, -0.2) is 27.0 Å². The number of benzene rings is 1. The average molecular weight is 207 g/mol. The molecule has 15 heavy (non-hydrogen) atoms. The van der Waals surface area contributed by atoms with E-state index in [-0.39, 0.29) is 0 Å². The minimum absolute atomic E-state index is 0.606. The number of aldehydes is 1. The number of carbonyl (C=O) groups is 1. The molecule has 0 aromatic heterocycles. The van der Waals surface area contributed by atoms with Gasteiger partial charge in [-0.15, -0.1) is 0 Å². The summed E-state index contributed by atoms with van der Waals surface area (Å²) in [5, 5.41) is 0. The van der Waals surface area contributed by atoms with Gasteiger partial charge < -0.3 is 9.64 Å². The van der Waals surface area contributed by atoms with Crippen LogP contribution in [0.3, 0.4) is 0 Å². The standard InChI is InChI=1S/C12H17NO2/c1-4-7-15-12-8-11(13(2)3)6-5-10(12)9-14/h5-6,8-9H,4,7H2,1-3H3. The third kappa shape index (κ3) is 2.98. The number of hydrogen-bond donors (Lipinski definition) is 0. The predicted molar refractivity (Wildman–Crippen MR) is 61.9 cm³/mol. The molecule has 0 saturated carbocycles. The van der Waals surface area contributed by atoms with E-state index in [0.29, 0.717) is 17.9 Å². The lowest BCUT2D eigenvalue weighted by molar-refractivity contribution is 0.111. The molecule has 0 bridgehead atoms. The van der Waals surface area contributed by atoms with Crippen molar-refractivity contribution >= 4 is 12.0 Å².